The van der Waals surface area contributed by atoms with E-state index in [0.717, 1.165) is 53.5 Å². The molecule has 4 aromatic rings. The first-order valence-electron chi connectivity index (χ1n) is 15.4. The van der Waals surface area contributed by atoms with Crippen LogP contribution in [-0.4, -0.2) is 28.8 Å². The predicted molar refractivity (Wildman–Crippen MR) is 170 cm³/mol. The van der Waals surface area contributed by atoms with Crippen LogP contribution in [0.5, 0.6) is 0 Å². The Morgan fingerprint density at radius 1 is 0.738 bits per heavy atom. The minimum Gasteiger partial charge on any atom is -0.352 e. The summed E-state index contributed by atoms with van der Waals surface area (Å²) in [6.07, 6.45) is 6.24. The quantitative estimate of drug-likeness (QED) is 0.206. The highest BCUT2D eigenvalue weighted by molar-refractivity contribution is 5.88. The molecule has 1 N–H and O–H groups in total. The summed E-state index contributed by atoms with van der Waals surface area (Å²) in [5.74, 6) is -0.183. The van der Waals surface area contributed by atoms with Crippen molar-refractivity contribution in [2.75, 3.05) is 0 Å². The number of hydrogen-bond acceptors (Lipinski definition) is 2. The van der Waals surface area contributed by atoms with Crippen molar-refractivity contribution >= 4 is 11.8 Å². The van der Waals surface area contributed by atoms with Crippen molar-refractivity contribution < 1.29 is 9.59 Å². The Kier molecular flexibility index (Phi) is 10.2. The molecule has 0 aromatic heterocycles. The lowest BCUT2D eigenvalue weighted by Crippen LogP contribution is -2.53. The van der Waals surface area contributed by atoms with Crippen LogP contribution in [-0.2, 0) is 22.6 Å². The standard InChI is InChI=1S/C38H42N2O2/c1-29-16-14-15-23-33(29)28-40(37(41)27-35(31-19-8-3-9-20-31)32-21-10-4-11-22-32)36(26-30-17-6-2-7-18-30)38(42)39-34-24-12-5-13-25-34/h2-4,6-11,14-23,34-36H,5,12-13,24-28H2,1H3,(H,39,42)/t36-/m0/s1. The summed E-state index contributed by atoms with van der Waals surface area (Å²) in [5, 5.41) is 3.36. The number of carbonyl (C=O) groups is 2. The zero-order chi connectivity index (χ0) is 29.1. The molecule has 1 atom stereocenters. The van der Waals surface area contributed by atoms with Gasteiger partial charge in [0.15, 0.2) is 0 Å². The summed E-state index contributed by atoms with van der Waals surface area (Å²) in [7, 11) is 0. The molecule has 4 heteroatoms. The third-order valence-corrected chi connectivity index (χ3v) is 8.61. The third-order valence-electron chi connectivity index (χ3n) is 8.61. The molecule has 1 fully saturated rings. The summed E-state index contributed by atoms with van der Waals surface area (Å²) in [6.45, 7) is 2.46. The van der Waals surface area contributed by atoms with Gasteiger partial charge < -0.3 is 10.2 Å². The first-order valence-corrected chi connectivity index (χ1v) is 15.4. The number of aryl methyl sites for hydroxylation is 1. The monoisotopic (exact) mass is 558 g/mol. The predicted octanol–water partition coefficient (Wildman–Crippen LogP) is 7.61. The SMILES string of the molecule is Cc1ccccc1CN(C(=O)CC(c1ccccc1)c1ccccc1)[C@@H](Cc1ccccc1)C(=O)NC1CCCCC1. The summed E-state index contributed by atoms with van der Waals surface area (Å²) >= 11 is 0. The highest BCUT2D eigenvalue weighted by Gasteiger charge is 2.33. The number of nitrogens with one attached hydrogen (secondary N) is 1. The van der Waals surface area contributed by atoms with Gasteiger partial charge in [0.05, 0.1) is 0 Å². The highest BCUT2D eigenvalue weighted by atomic mass is 16.2. The van der Waals surface area contributed by atoms with E-state index in [-0.39, 0.29) is 30.2 Å². The maximum absolute atomic E-state index is 14.6. The van der Waals surface area contributed by atoms with Crippen LogP contribution in [0.3, 0.4) is 0 Å². The van der Waals surface area contributed by atoms with Gasteiger partial charge in [-0.2, -0.15) is 0 Å². The lowest BCUT2D eigenvalue weighted by molar-refractivity contribution is -0.141. The van der Waals surface area contributed by atoms with Crippen LogP contribution in [0.1, 0.15) is 72.3 Å². The van der Waals surface area contributed by atoms with E-state index in [0.29, 0.717) is 13.0 Å². The van der Waals surface area contributed by atoms with E-state index >= 15 is 0 Å². The molecule has 2 amide bonds. The molecule has 216 valence electrons. The first kappa shape index (κ1) is 29.3. The van der Waals surface area contributed by atoms with Gasteiger partial charge in [-0.1, -0.05) is 135 Å². The Bertz CT molecular complexity index is 1380. The third kappa shape index (κ3) is 7.76. The van der Waals surface area contributed by atoms with E-state index < -0.39 is 6.04 Å². The van der Waals surface area contributed by atoms with Crippen molar-refractivity contribution in [1.82, 2.24) is 10.2 Å². The van der Waals surface area contributed by atoms with Crippen LogP contribution in [0.25, 0.3) is 0 Å². The fraction of sp³-hybridized carbons (Fsp3) is 0.316. The minimum absolute atomic E-state index is 0.0179. The molecule has 0 aliphatic heterocycles. The molecule has 4 nitrogen and oxygen atoms in total. The van der Waals surface area contributed by atoms with Gasteiger partial charge in [0, 0.05) is 31.3 Å². The fourth-order valence-electron chi connectivity index (χ4n) is 6.16. The number of carbonyl (C=O) groups excluding carboxylic acids is 2. The molecule has 0 spiro atoms. The average Bonchev–Trinajstić information content (AvgIpc) is 3.04. The first-order chi connectivity index (χ1) is 20.6. The zero-order valence-electron chi connectivity index (χ0n) is 24.6. The lowest BCUT2D eigenvalue weighted by Gasteiger charge is -2.34. The number of benzene rings is 4. The summed E-state index contributed by atoms with van der Waals surface area (Å²) < 4.78 is 0. The maximum atomic E-state index is 14.6. The van der Waals surface area contributed by atoms with Gasteiger partial charge in [0.2, 0.25) is 11.8 Å². The Morgan fingerprint density at radius 2 is 1.29 bits per heavy atom. The minimum atomic E-state index is -0.617. The Balaban J connectivity index is 1.51. The van der Waals surface area contributed by atoms with Crippen LogP contribution in [0.15, 0.2) is 115 Å². The van der Waals surface area contributed by atoms with Gasteiger partial charge in [-0.3, -0.25) is 9.59 Å². The number of rotatable bonds is 11. The molecule has 0 unspecified atom stereocenters. The van der Waals surface area contributed by atoms with Gasteiger partial charge in [-0.05, 0) is 47.6 Å². The van der Waals surface area contributed by atoms with Crippen molar-refractivity contribution in [3.8, 4) is 0 Å². The Morgan fingerprint density at radius 3 is 1.88 bits per heavy atom. The molecule has 0 bridgehead atoms. The maximum Gasteiger partial charge on any atom is 0.243 e. The van der Waals surface area contributed by atoms with Crippen LogP contribution in [0, 0.1) is 6.92 Å². The molecule has 0 radical (unpaired) electrons. The molecule has 1 aliphatic rings. The van der Waals surface area contributed by atoms with Crippen molar-refractivity contribution in [2.24, 2.45) is 0 Å². The fourth-order valence-corrected chi connectivity index (χ4v) is 6.16. The van der Waals surface area contributed by atoms with Crippen LogP contribution >= 0.6 is 0 Å². The van der Waals surface area contributed by atoms with E-state index in [1.54, 1.807) is 0 Å². The molecule has 0 heterocycles. The van der Waals surface area contributed by atoms with Gasteiger partial charge >= 0.3 is 0 Å². The summed E-state index contributed by atoms with van der Waals surface area (Å²) in [6, 6.07) is 38.3. The molecule has 1 aliphatic carbocycles. The van der Waals surface area contributed by atoms with Crippen molar-refractivity contribution in [3.63, 3.8) is 0 Å². The van der Waals surface area contributed by atoms with Crippen LogP contribution < -0.4 is 5.32 Å². The van der Waals surface area contributed by atoms with E-state index in [9.17, 15) is 9.59 Å². The van der Waals surface area contributed by atoms with Crippen molar-refractivity contribution in [2.45, 2.75) is 76.4 Å². The molecular weight excluding hydrogens is 516 g/mol. The van der Waals surface area contributed by atoms with E-state index in [2.05, 4.69) is 48.6 Å². The van der Waals surface area contributed by atoms with Crippen LogP contribution in [0.2, 0.25) is 0 Å². The van der Waals surface area contributed by atoms with Gasteiger partial charge in [0.25, 0.3) is 0 Å². The summed E-state index contributed by atoms with van der Waals surface area (Å²) in [5.41, 5.74) is 5.42. The topological polar surface area (TPSA) is 49.4 Å². The molecule has 5 rings (SSSR count). The van der Waals surface area contributed by atoms with Gasteiger partial charge in [-0.25, -0.2) is 0 Å². The van der Waals surface area contributed by atoms with E-state index in [1.807, 2.05) is 83.8 Å². The summed E-state index contributed by atoms with van der Waals surface area (Å²) in [4.78, 5) is 30.6. The zero-order valence-corrected chi connectivity index (χ0v) is 24.6. The van der Waals surface area contributed by atoms with Gasteiger partial charge in [-0.15, -0.1) is 0 Å². The average molecular weight is 559 g/mol. The van der Waals surface area contributed by atoms with E-state index in [1.165, 1.54) is 6.42 Å². The second-order valence-electron chi connectivity index (χ2n) is 11.6. The van der Waals surface area contributed by atoms with Crippen molar-refractivity contribution in [3.05, 3.63) is 143 Å². The van der Waals surface area contributed by atoms with Gasteiger partial charge in [0.1, 0.15) is 6.04 Å². The molecule has 0 saturated heterocycles. The number of amides is 2. The van der Waals surface area contributed by atoms with Crippen LogP contribution in [0.4, 0.5) is 0 Å². The lowest BCUT2D eigenvalue weighted by atomic mass is 9.87. The highest BCUT2D eigenvalue weighted by Crippen LogP contribution is 2.30. The Labute approximate surface area is 250 Å². The Hall–Kier alpha value is -4.18. The normalized spacial score (nSPS) is 14.3. The largest absolute Gasteiger partial charge is 0.352 e. The van der Waals surface area contributed by atoms with E-state index in [4.69, 9.17) is 0 Å². The molecule has 4 aromatic carbocycles. The number of nitrogens with zero attached hydrogens (tertiary/aromatic N) is 1. The molecule has 42 heavy (non-hydrogen) atoms. The smallest absolute Gasteiger partial charge is 0.243 e. The van der Waals surface area contributed by atoms with Crippen molar-refractivity contribution in [1.29, 1.82) is 0 Å². The number of hydrogen-bond donors (Lipinski definition) is 1. The second-order valence-corrected chi connectivity index (χ2v) is 11.6. The molecule has 1 saturated carbocycles. The molecular formula is C38H42N2O2. The second kappa shape index (κ2) is 14.6.